The van der Waals surface area contributed by atoms with E-state index < -0.39 is 0 Å². The summed E-state index contributed by atoms with van der Waals surface area (Å²) in [4.78, 5) is 4.68. The Bertz CT molecular complexity index is 568. The van der Waals surface area contributed by atoms with Crippen molar-refractivity contribution in [2.45, 2.75) is 24.7 Å². The molecule has 2 heterocycles. The smallest absolute Gasteiger partial charge is 0.234 e. The van der Waals surface area contributed by atoms with Crippen LogP contribution in [0.1, 0.15) is 25.2 Å². The summed E-state index contributed by atoms with van der Waals surface area (Å²) in [6.45, 7) is 2.07. The molecule has 4 rings (SSSR count). The van der Waals surface area contributed by atoms with Crippen molar-refractivity contribution in [1.29, 1.82) is 0 Å². The SMILES string of the molecule is c1ccc(-c2noc([C@@]34CCC[C@@H]3CNC4)n2)cc1. The second-order valence-corrected chi connectivity index (χ2v) is 5.67. The summed E-state index contributed by atoms with van der Waals surface area (Å²) in [5.74, 6) is 2.21. The Balaban J connectivity index is 1.72. The van der Waals surface area contributed by atoms with Gasteiger partial charge in [0.1, 0.15) is 0 Å². The highest BCUT2D eigenvalue weighted by atomic mass is 16.5. The molecule has 1 aliphatic carbocycles. The molecule has 0 unspecified atom stereocenters. The van der Waals surface area contributed by atoms with E-state index in [0.29, 0.717) is 11.7 Å². The van der Waals surface area contributed by atoms with E-state index in [1.54, 1.807) is 0 Å². The van der Waals surface area contributed by atoms with Gasteiger partial charge >= 0.3 is 0 Å². The van der Waals surface area contributed by atoms with Gasteiger partial charge < -0.3 is 9.84 Å². The maximum atomic E-state index is 5.61. The van der Waals surface area contributed by atoms with Crippen molar-refractivity contribution in [2.75, 3.05) is 13.1 Å². The van der Waals surface area contributed by atoms with Crippen LogP contribution in [0.5, 0.6) is 0 Å². The van der Waals surface area contributed by atoms with Gasteiger partial charge in [-0.15, -0.1) is 0 Å². The third kappa shape index (κ3) is 1.63. The van der Waals surface area contributed by atoms with Gasteiger partial charge in [0, 0.05) is 12.1 Å². The van der Waals surface area contributed by atoms with Gasteiger partial charge in [0.2, 0.25) is 11.7 Å². The Morgan fingerprint density at radius 1 is 1.26 bits per heavy atom. The van der Waals surface area contributed by atoms with Crippen molar-refractivity contribution in [1.82, 2.24) is 15.5 Å². The molecule has 2 aromatic rings. The number of nitrogens with zero attached hydrogens (tertiary/aromatic N) is 2. The first kappa shape index (κ1) is 11.2. The average Bonchev–Trinajstić information content (AvgIpc) is 3.14. The summed E-state index contributed by atoms with van der Waals surface area (Å²) >= 11 is 0. The summed E-state index contributed by atoms with van der Waals surface area (Å²) < 4.78 is 5.61. The molecule has 0 bridgehead atoms. The molecule has 19 heavy (non-hydrogen) atoms. The van der Waals surface area contributed by atoms with E-state index in [1.165, 1.54) is 19.3 Å². The van der Waals surface area contributed by atoms with E-state index in [4.69, 9.17) is 4.52 Å². The van der Waals surface area contributed by atoms with Crippen molar-refractivity contribution in [2.24, 2.45) is 5.92 Å². The Kier molecular flexibility index (Phi) is 2.45. The zero-order valence-electron chi connectivity index (χ0n) is 10.8. The number of rotatable bonds is 2. The number of hydrogen-bond donors (Lipinski definition) is 1. The number of hydrogen-bond acceptors (Lipinski definition) is 4. The summed E-state index contributed by atoms with van der Waals surface area (Å²) in [7, 11) is 0. The number of aromatic nitrogens is 2. The highest BCUT2D eigenvalue weighted by Crippen LogP contribution is 2.47. The fourth-order valence-electron chi connectivity index (χ4n) is 3.63. The summed E-state index contributed by atoms with van der Waals surface area (Å²) in [5.41, 5.74) is 1.12. The van der Waals surface area contributed by atoms with Crippen LogP contribution in [0.25, 0.3) is 11.4 Å². The van der Waals surface area contributed by atoms with Gasteiger partial charge in [0.25, 0.3) is 0 Å². The predicted molar refractivity (Wildman–Crippen MR) is 71.6 cm³/mol. The molecule has 2 atom stereocenters. The van der Waals surface area contributed by atoms with Crippen LogP contribution in [0.2, 0.25) is 0 Å². The average molecular weight is 255 g/mol. The monoisotopic (exact) mass is 255 g/mol. The van der Waals surface area contributed by atoms with Gasteiger partial charge in [-0.2, -0.15) is 4.98 Å². The topological polar surface area (TPSA) is 51.0 Å². The van der Waals surface area contributed by atoms with Crippen LogP contribution in [0.3, 0.4) is 0 Å². The molecule has 4 heteroatoms. The van der Waals surface area contributed by atoms with Crippen LogP contribution in [0.4, 0.5) is 0 Å². The van der Waals surface area contributed by atoms with Crippen LogP contribution in [0.15, 0.2) is 34.9 Å². The zero-order chi connectivity index (χ0) is 12.7. The number of fused-ring (bicyclic) bond motifs is 1. The maximum absolute atomic E-state index is 5.61. The maximum Gasteiger partial charge on any atom is 0.234 e. The van der Waals surface area contributed by atoms with Gasteiger partial charge in [0.05, 0.1) is 5.41 Å². The first-order chi connectivity index (χ1) is 9.38. The zero-order valence-corrected chi connectivity index (χ0v) is 10.8. The molecule has 2 aliphatic rings. The largest absolute Gasteiger partial charge is 0.338 e. The lowest BCUT2D eigenvalue weighted by Gasteiger charge is -2.22. The molecule has 1 saturated heterocycles. The molecule has 0 radical (unpaired) electrons. The van der Waals surface area contributed by atoms with E-state index in [0.717, 1.165) is 24.5 Å². The van der Waals surface area contributed by atoms with Crippen LogP contribution in [-0.2, 0) is 5.41 Å². The standard InChI is InChI=1S/C15H17N3O/c1-2-5-11(6-3-1)13-17-14(19-18-13)15-8-4-7-12(15)9-16-10-15/h1-3,5-6,12,16H,4,7-10H2/t12-,15-/m1/s1. The normalized spacial score (nSPS) is 29.6. The highest BCUT2D eigenvalue weighted by Gasteiger charge is 2.51. The van der Waals surface area contributed by atoms with Gasteiger partial charge in [0.15, 0.2) is 0 Å². The molecule has 98 valence electrons. The van der Waals surface area contributed by atoms with Crippen molar-refractivity contribution in [3.63, 3.8) is 0 Å². The van der Waals surface area contributed by atoms with Gasteiger partial charge in [-0.25, -0.2) is 0 Å². The molecule has 4 nitrogen and oxygen atoms in total. The van der Waals surface area contributed by atoms with Crippen LogP contribution in [-0.4, -0.2) is 23.2 Å². The molecule has 1 aromatic heterocycles. The Labute approximate surface area is 112 Å². The third-order valence-corrected chi connectivity index (χ3v) is 4.67. The second-order valence-electron chi connectivity index (χ2n) is 5.67. The molecule has 0 spiro atoms. The lowest BCUT2D eigenvalue weighted by atomic mass is 9.80. The summed E-state index contributed by atoms with van der Waals surface area (Å²) in [6.07, 6.45) is 3.71. The lowest BCUT2D eigenvalue weighted by molar-refractivity contribution is 0.265. The minimum absolute atomic E-state index is 0.0973. The van der Waals surface area contributed by atoms with Crippen LogP contribution >= 0.6 is 0 Å². The Hall–Kier alpha value is -1.68. The van der Waals surface area contributed by atoms with E-state index in [1.807, 2.05) is 30.3 Å². The van der Waals surface area contributed by atoms with E-state index in [2.05, 4.69) is 15.5 Å². The molecule has 1 saturated carbocycles. The molecule has 0 amide bonds. The van der Waals surface area contributed by atoms with Crippen molar-refractivity contribution in [3.05, 3.63) is 36.2 Å². The Morgan fingerprint density at radius 2 is 2.16 bits per heavy atom. The third-order valence-electron chi connectivity index (χ3n) is 4.67. The Morgan fingerprint density at radius 3 is 3.05 bits per heavy atom. The number of benzene rings is 1. The van der Waals surface area contributed by atoms with Crippen molar-refractivity contribution >= 4 is 0 Å². The quantitative estimate of drug-likeness (QED) is 0.895. The van der Waals surface area contributed by atoms with Crippen molar-refractivity contribution < 1.29 is 4.52 Å². The number of nitrogens with one attached hydrogen (secondary N) is 1. The fourth-order valence-corrected chi connectivity index (χ4v) is 3.63. The first-order valence-corrected chi connectivity index (χ1v) is 6.99. The molecule has 1 aromatic carbocycles. The summed E-state index contributed by atoms with van der Waals surface area (Å²) in [5, 5.41) is 7.66. The second kappa shape index (κ2) is 4.17. The van der Waals surface area contributed by atoms with E-state index in [9.17, 15) is 0 Å². The van der Waals surface area contributed by atoms with Gasteiger partial charge in [-0.1, -0.05) is 41.9 Å². The van der Waals surface area contributed by atoms with Gasteiger partial charge in [-0.05, 0) is 25.3 Å². The molecular formula is C15H17N3O. The predicted octanol–water partition coefficient (Wildman–Crippen LogP) is 2.38. The van der Waals surface area contributed by atoms with Crippen LogP contribution in [0, 0.1) is 5.92 Å². The molecule has 1 aliphatic heterocycles. The van der Waals surface area contributed by atoms with Crippen LogP contribution < -0.4 is 5.32 Å². The minimum atomic E-state index is 0.0973. The van der Waals surface area contributed by atoms with Gasteiger partial charge in [-0.3, -0.25) is 0 Å². The first-order valence-electron chi connectivity index (χ1n) is 6.99. The van der Waals surface area contributed by atoms with Crippen molar-refractivity contribution in [3.8, 4) is 11.4 Å². The minimum Gasteiger partial charge on any atom is -0.338 e. The van der Waals surface area contributed by atoms with E-state index in [-0.39, 0.29) is 5.41 Å². The summed E-state index contributed by atoms with van der Waals surface area (Å²) in [6, 6.07) is 10.0. The molecule has 1 N–H and O–H groups in total. The molecular weight excluding hydrogens is 238 g/mol. The highest BCUT2D eigenvalue weighted by molar-refractivity contribution is 5.53. The van der Waals surface area contributed by atoms with E-state index >= 15 is 0 Å². The molecule has 2 fully saturated rings. The fraction of sp³-hybridized carbons (Fsp3) is 0.467. The lowest BCUT2D eigenvalue weighted by Crippen LogP contribution is -2.31.